The first-order chi connectivity index (χ1) is 21.3. The number of hydrogen-bond donors (Lipinski definition) is 0. The maximum absolute atomic E-state index is 2.58. The minimum atomic E-state index is 1.11. The first-order valence-electron chi connectivity index (χ1n) is 20.4. The van der Waals surface area contributed by atoms with Gasteiger partial charge in [0.2, 0.25) is 0 Å². The van der Waals surface area contributed by atoms with Crippen molar-refractivity contribution >= 4 is 0 Å². The number of aromatic nitrogens is 2. The van der Waals surface area contributed by atoms with Crippen molar-refractivity contribution in [2.75, 3.05) is 0 Å². The number of nitrogens with zero attached hydrogens (tertiary/aromatic N) is 2. The van der Waals surface area contributed by atoms with Gasteiger partial charge in [-0.1, -0.05) is 200 Å². The molecule has 43 heavy (non-hydrogen) atoms. The van der Waals surface area contributed by atoms with Crippen molar-refractivity contribution in [3.05, 3.63) is 18.2 Å². The fourth-order valence-electron chi connectivity index (χ4n) is 6.94. The quantitative estimate of drug-likeness (QED) is 0.0540. The molecule has 254 valence electrons. The smallest absolute Gasteiger partial charge is 0.235 e. The van der Waals surface area contributed by atoms with E-state index < -0.39 is 0 Å². The van der Waals surface area contributed by atoms with Crippen LogP contribution in [0.1, 0.15) is 232 Å². The summed E-state index contributed by atoms with van der Waals surface area (Å²) in [7, 11) is 0. The lowest BCUT2D eigenvalue weighted by molar-refractivity contribution is -0.700. The monoisotopic (exact) mass is 602 g/mol. The molecule has 1 heterocycles. The molecule has 0 amide bonds. The predicted molar refractivity (Wildman–Crippen MR) is 193 cm³/mol. The van der Waals surface area contributed by atoms with E-state index in [1.807, 2.05) is 0 Å². The molecule has 1 rings (SSSR count). The van der Waals surface area contributed by atoms with Gasteiger partial charge in [-0.3, -0.25) is 0 Å². The lowest BCUT2D eigenvalue weighted by Crippen LogP contribution is -2.36. The van der Waals surface area contributed by atoms with E-state index in [0.29, 0.717) is 0 Å². The Hall–Kier alpha value is -0.790. The Morgan fingerprint density at radius 2 is 0.698 bits per heavy atom. The van der Waals surface area contributed by atoms with E-state index in [-0.39, 0.29) is 0 Å². The highest BCUT2D eigenvalue weighted by Gasteiger charge is 2.15. The lowest BCUT2D eigenvalue weighted by Gasteiger charge is -2.06. The minimum Gasteiger partial charge on any atom is -0.235 e. The molecule has 0 aromatic carbocycles. The standard InChI is InChI=1S/C41H81N2/c1-4-7-9-11-13-15-17-19-21-22-23-25-27-29-31-33-35-37-41-42(6-3)39-40-43(41)38-36-34-32-30-28-26-24-20-18-16-14-12-10-8-5-2/h39-40H,4-38H2,1-3H3/q+1. The van der Waals surface area contributed by atoms with Crippen LogP contribution in [0.4, 0.5) is 0 Å². The number of hydrogen-bond acceptors (Lipinski definition) is 0. The van der Waals surface area contributed by atoms with Crippen LogP contribution in [0.5, 0.6) is 0 Å². The Morgan fingerprint density at radius 3 is 1.02 bits per heavy atom. The van der Waals surface area contributed by atoms with E-state index in [1.165, 1.54) is 218 Å². The highest BCUT2D eigenvalue weighted by atomic mass is 15.1. The zero-order valence-electron chi connectivity index (χ0n) is 30.3. The fourth-order valence-corrected chi connectivity index (χ4v) is 6.94. The summed E-state index contributed by atoms with van der Waals surface area (Å²) in [4.78, 5) is 0. The zero-order valence-corrected chi connectivity index (χ0v) is 30.3. The van der Waals surface area contributed by atoms with E-state index in [1.54, 1.807) is 5.82 Å². The molecule has 0 bridgehead atoms. The largest absolute Gasteiger partial charge is 0.256 e. The molecule has 0 unspecified atom stereocenters. The normalized spacial score (nSPS) is 11.6. The van der Waals surface area contributed by atoms with Crippen molar-refractivity contribution in [3.8, 4) is 0 Å². The Balaban J connectivity index is 1.94. The molecule has 0 aliphatic rings. The molecule has 0 radical (unpaired) electrons. The average Bonchev–Trinajstić information content (AvgIpc) is 3.42. The number of imidazole rings is 1. The second kappa shape index (κ2) is 32.6. The molecule has 0 aliphatic heterocycles. The maximum Gasteiger partial charge on any atom is 0.256 e. The van der Waals surface area contributed by atoms with E-state index in [0.717, 1.165) is 6.54 Å². The molecule has 2 nitrogen and oxygen atoms in total. The van der Waals surface area contributed by atoms with E-state index in [9.17, 15) is 0 Å². The van der Waals surface area contributed by atoms with Crippen molar-refractivity contribution in [1.82, 2.24) is 4.57 Å². The molecule has 0 spiro atoms. The van der Waals surface area contributed by atoms with Gasteiger partial charge in [-0.05, 0) is 26.2 Å². The number of rotatable bonds is 35. The van der Waals surface area contributed by atoms with Gasteiger partial charge in [-0.15, -0.1) is 0 Å². The van der Waals surface area contributed by atoms with Gasteiger partial charge in [0.1, 0.15) is 12.4 Å². The predicted octanol–water partition coefficient (Wildman–Crippen LogP) is 13.9. The summed E-state index contributed by atoms with van der Waals surface area (Å²) < 4.78 is 5.08. The molecule has 2 heteroatoms. The summed E-state index contributed by atoms with van der Waals surface area (Å²) in [6.07, 6.45) is 52.3. The van der Waals surface area contributed by atoms with Crippen molar-refractivity contribution in [2.45, 2.75) is 246 Å². The van der Waals surface area contributed by atoms with Gasteiger partial charge < -0.3 is 0 Å². The number of unbranched alkanes of at least 4 members (excludes halogenated alkanes) is 30. The maximum atomic E-state index is 2.58. The molecule has 0 atom stereocenters. The van der Waals surface area contributed by atoms with Crippen LogP contribution in [0.25, 0.3) is 0 Å². The first-order valence-corrected chi connectivity index (χ1v) is 20.4. The van der Waals surface area contributed by atoms with Crippen LogP contribution in [0.15, 0.2) is 12.4 Å². The topological polar surface area (TPSA) is 8.81 Å². The minimum absolute atomic E-state index is 1.11. The second-order valence-electron chi connectivity index (χ2n) is 14.1. The van der Waals surface area contributed by atoms with Crippen LogP contribution in [0.3, 0.4) is 0 Å². The number of aryl methyl sites for hydroxylation is 2. The Bertz CT molecular complexity index is 663. The van der Waals surface area contributed by atoms with Crippen molar-refractivity contribution < 1.29 is 4.57 Å². The highest BCUT2D eigenvalue weighted by Crippen LogP contribution is 2.16. The van der Waals surface area contributed by atoms with Crippen LogP contribution in [0.2, 0.25) is 0 Å². The summed E-state index contributed by atoms with van der Waals surface area (Å²) in [5, 5.41) is 0. The van der Waals surface area contributed by atoms with Gasteiger partial charge in [0.15, 0.2) is 0 Å². The molecule has 1 aromatic heterocycles. The van der Waals surface area contributed by atoms with Crippen LogP contribution in [-0.4, -0.2) is 4.57 Å². The van der Waals surface area contributed by atoms with E-state index in [4.69, 9.17) is 0 Å². The SMILES string of the molecule is CCCCCCCCCCCCCCCCCCCc1n(CCCCCCCCCCCCCCCCC)cc[n+]1CC. The molecule has 0 saturated heterocycles. The zero-order chi connectivity index (χ0) is 30.9. The lowest BCUT2D eigenvalue weighted by atomic mass is 10.0. The van der Waals surface area contributed by atoms with Gasteiger partial charge in [0, 0.05) is 6.42 Å². The Kier molecular flexibility index (Phi) is 30.5. The summed E-state index contributed by atoms with van der Waals surface area (Å²) in [5.74, 6) is 1.58. The highest BCUT2D eigenvalue weighted by molar-refractivity contribution is 4.84. The third kappa shape index (κ3) is 25.1. The molecular weight excluding hydrogens is 520 g/mol. The summed E-state index contributed by atoms with van der Waals surface area (Å²) in [6.45, 7) is 9.25. The fraction of sp³-hybridized carbons (Fsp3) is 0.927. The Morgan fingerprint density at radius 1 is 0.395 bits per heavy atom. The first kappa shape index (κ1) is 40.2. The van der Waals surface area contributed by atoms with E-state index in [2.05, 4.69) is 42.3 Å². The summed E-state index contributed by atoms with van der Waals surface area (Å²) >= 11 is 0. The average molecular weight is 602 g/mol. The van der Waals surface area contributed by atoms with Crippen LogP contribution in [-0.2, 0) is 19.5 Å². The van der Waals surface area contributed by atoms with Crippen LogP contribution >= 0.6 is 0 Å². The van der Waals surface area contributed by atoms with Gasteiger partial charge in [-0.2, -0.15) is 0 Å². The third-order valence-electron chi connectivity index (χ3n) is 9.94. The van der Waals surface area contributed by atoms with Crippen LogP contribution < -0.4 is 4.57 Å². The molecule has 0 fully saturated rings. The van der Waals surface area contributed by atoms with Crippen LogP contribution in [0, 0.1) is 0 Å². The Labute approximate surface area is 272 Å². The summed E-state index contributed by atoms with van der Waals surface area (Å²) in [5.41, 5.74) is 0. The molecule has 0 aliphatic carbocycles. The molecular formula is C41H81N2+. The van der Waals surface area contributed by atoms with Crippen molar-refractivity contribution in [2.24, 2.45) is 0 Å². The van der Waals surface area contributed by atoms with Gasteiger partial charge in [0.05, 0.1) is 13.1 Å². The van der Waals surface area contributed by atoms with Gasteiger partial charge in [0.25, 0.3) is 5.82 Å². The van der Waals surface area contributed by atoms with E-state index >= 15 is 0 Å². The second-order valence-corrected chi connectivity index (χ2v) is 14.1. The third-order valence-corrected chi connectivity index (χ3v) is 9.94. The summed E-state index contributed by atoms with van der Waals surface area (Å²) in [6, 6.07) is 0. The van der Waals surface area contributed by atoms with Crippen molar-refractivity contribution in [1.29, 1.82) is 0 Å². The van der Waals surface area contributed by atoms with Crippen molar-refractivity contribution in [3.63, 3.8) is 0 Å². The molecule has 0 N–H and O–H groups in total. The van der Waals surface area contributed by atoms with Gasteiger partial charge >= 0.3 is 0 Å². The molecule has 0 saturated carbocycles. The van der Waals surface area contributed by atoms with Gasteiger partial charge in [-0.25, -0.2) is 9.13 Å². The molecule has 1 aromatic rings.